The average Bonchev–Trinajstić information content (AvgIpc) is 3.12. The van der Waals surface area contributed by atoms with Crippen molar-refractivity contribution in [3.8, 4) is 0 Å². The van der Waals surface area contributed by atoms with Crippen LogP contribution in [0.4, 0.5) is 5.69 Å². The fraction of sp³-hybridized carbons (Fsp3) is 0.579. The van der Waals surface area contributed by atoms with Crippen LogP contribution in [-0.2, 0) is 20.9 Å². The number of rotatable bonds is 6. The van der Waals surface area contributed by atoms with Crippen LogP contribution in [0.25, 0.3) is 0 Å². The number of amides is 2. The number of ether oxygens (including phenoxy) is 1. The number of hydrogen-bond donors (Lipinski definition) is 1. The van der Waals surface area contributed by atoms with Crippen LogP contribution >= 0.6 is 0 Å². The Kier molecular flexibility index (Phi) is 5.86. The van der Waals surface area contributed by atoms with E-state index in [9.17, 15) is 9.59 Å². The van der Waals surface area contributed by atoms with Gasteiger partial charge in [0.05, 0.1) is 6.10 Å². The second kappa shape index (κ2) is 8.29. The van der Waals surface area contributed by atoms with Crippen molar-refractivity contribution in [1.29, 1.82) is 0 Å². The smallest absolute Gasteiger partial charge is 0.226 e. The van der Waals surface area contributed by atoms with Gasteiger partial charge >= 0.3 is 0 Å². The summed E-state index contributed by atoms with van der Waals surface area (Å²) in [6.07, 6.45) is 6.40. The van der Waals surface area contributed by atoms with E-state index in [1.165, 1.54) is 0 Å². The third kappa shape index (κ3) is 4.57. The molecule has 5 heteroatoms. The molecule has 0 aliphatic carbocycles. The molecular formula is C19H26N2O3. The van der Waals surface area contributed by atoms with E-state index in [0.29, 0.717) is 19.4 Å². The summed E-state index contributed by atoms with van der Waals surface area (Å²) < 4.78 is 5.54. The summed E-state index contributed by atoms with van der Waals surface area (Å²) in [6, 6.07) is 7.90. The standard InChI is InChI=1S/C19H26N2O3/c22-18(10-9-17-7-4-12-24-17)20-14-15-5-3-6-16(13-15)21-11-2-1-8-19(21)23/h3,5-6,13,17H,1-2,4,7-12,14H2,(H,20,22)/t17-/m1/s1. The molecule has 2 fully saturated rings. The lowest BCUT2D eigenvalue weighted by atomic mass is 10.1. The number of anilines is 1. The molecule has 0 bridgehead atoms. The minimum atomic E-state index is 0.0601. The molecule has 1 atom stereocenters. The van der Waals surface area contributed by atoms with Gasteiger partial charge in [0.25, 0.3) is 0 Å². The molecule has 0 unspecified atom stereocenters. The number of nitrogens with zero attached hydrogens (tertiary/aromatic N) is 1. The summed E-state index contributed by atoms with van der Waals surface area (Å²) in [5.74, 6) is 0.254. The predicted molar refractivity (Wildman–Crippen MR) is 92.7 cm³/mol. The molecule has 0 aromatic heterocycles. The lowest BCUT2D eigenvalue weighted by molar-refractivity contribution is -0.122. The van der Waals surface area contributed by atoms with Gasteiger partial charge in [-0.05, 0) is 49.8 Å². The predicted octanol–water partition coefficient (Wildman–Crippen LogP) is 2.78. The molecule has 1 N–H and O–H groups in total. The van der Waals surface area contributed by atoms with E-state index in [2.05, 4.69) is 5.32 Å². The summed E-state index contributed by atoms with van der Waals surface area (Å²) in [5.41, 5.74) is 1.96. The average molecular weight is 330 g/mol. The number of carbonyl (C=O) groups excluding carboxylic acids is 2. The first kappa shape index (κ1) is 17.0. The molecule has 2 heterocycles. The van der Waals surface area contributed by atoms with E-state index in [1.54, 1.807) is 0 Å². The van der Waals surface area contributed by atoms with E-state index in [1.807, 2.05) is 29.2 Å². The first-order chi connectivity index (χ1) is 11.7. The molecule has 2 aliphatic heterocycles. The topological polar surface area (TPSA) is 58.6 Å². The molecule has 24 heavy (non-hydrogen) atoms. The maximum absolute atomic E-state index is 12.0. The van der Waals surface area contributed by atoms with Gasteiger partial charge in [-0.15, -0.1) is 0 Å². The minimum Gasteiger partial charge on any atom is -0.378 e. The number of carbonyl (C=O) groups is 2. The maximum Gasteiger partial charge on any atom is 0.226 e. The second-order valence-electron chi connectivity index (χ2n) is 6.62. The van der Waals surface area contributed by atoms with Crippen LogP contribution in [0.5, 0.6) is 0 Å². The van der Waals surface area contributed by atoms with E-state index >= 15 is 0 Å². The highest BCUT2D eigenvalue weighted by atomic mass is 16.5. The fourth-order valence-electron chi connectivity index (χ4n) is 3.37. The van der Waals surface area contributed by atoms with Crippen molar-refractivity contribution in [2.45, 2.75) is 57.6 Å². The molecule has 5 nitrogen and oxygen atoms in total. The number of nitrogens with one attached hydrogen (secondary N) is 1. The Morgan fingerprint density at radius 2 is 2.21 bits per heavy atom. The van der Waals surface area contributed by atoms with Crippen molar-refractivity contribution in [2.75, 3.05) is 18.1 Å². The Hall–Kier alpha value is -1.88. The van der Waals surface area contributed by atoms with Gasteiger partial charge in [0, 0.05) is 38.2 Å². The summed E-state index contributed by atoms with van der Waals surface area (Å²) >= 11 is 0. The molecule has 0 saturated carbocycles. The van der Waals surface area contributed by atoms with E-state index in [4.69, 9.17) is 4.74 Å². The van der Waals surface area contributed by atoms with Gasteiger partial charge in [-0.1, -0.05) is 12.1 Å². The van der Waals surface area contributed by atoms with Crippen molar-refractivity contribution in [3.63, 3.8) is 0 Å². The van der Waals surface area contributed by atoms with Crippen LogP contribution in [0.15, 0.2) is 24.3 Å². The molecule has 2 saturated heterocycles. The zero-order valence-electron chi connectivity index (χ0n) is 14.1. The van der Waals surface area contributed by atoms with Crippen LogP contribution in [0, 0.1) is 0 Å². The molecule has 2 aliphatic rings. The Morgan fingerprint density at radius 1 is 1.29 bits per heavy atom. The molecule has 130 valence electrons. The van der Waals surface area contributed by atoms with Crippen molar-refractivity contribution < 1.29 is 14.3 Å². The van der Waals surface area contributed by atoms with Gasteiger partial charge in [-0.25, -0.2) is 0 Å². The highest BCUT2D eigenvalue weighted by Crippen LogP contribution is 2.22. The summed E-state index contributed by atoms with van der Waals surface area (Å²) in [5, 5.41) is 2.97. The molecule has 2 amide bonds. The van der Waals surface area contributed by atoms with Gasteiger partial charge in [-0.2, -0.15) is 0 Å². The zero-order chi connectivity index (χ0) is 16.8. The van der Waals surface area contributed by atoms with Crippen molar-refractivity contribution >= 4 is 17.5 Å². The van der Waals surface area contributed by atoms with E-state index in [0.717, 1.165) is 56.5 Å². The fourth-order valence-corrected chi connectivity index (χ4v) is 3.37. The highest BCUT2D eigenvalue weighted by Gasteiger charge is 2.20. The second-order valence-corrected chi connectivity index (χ2v) is 6.62. The van der Waals surface area contributed by atoms with Crippen LogP contribution in [0.3, 0.4) is 0 Å². The third-order valence-electron chi connectivity index (χ3n) is 4.75. The molecule has 0 radical (unpaired) electrons. The number of piperidine rings is 1. The summed E-state index contributed by atoms with van der Waals surface area (Å²) in [6.45, 7) is 2.12. The minimum absolute atomic E-state index is 0.0601. The Bertz CT molecular complexity index is 582. The van der Waals surface area contributed by atoms with Crippen LogP contribution in [0.1, 0.15) is 50.5 Å². The van der Waals surface area contributed by atoms with Gasteiger partial charge < -0.3 is 15.0 Å². The largest absolute Gasteiger partial charge is 0.378 e. The quantitative estimate of drug-likeness (QED) is 0.872. The van der Waals surface area contributed by atoms with Gasteiger partial charge in [0.15, 0.2) is 0 Å². The van der Waals surface area contributed by atoms with Crippen LogP contribution in [0.2, 0.25) is 0 Å². The normalized spacial score (nSPS) is 21.1. The van der Waals surface area contributed by atoms with Gasteiger partial charge in [0.2, 0.25) is 11.8 Å². The van der Waals surface area contributed by atoms with E-state index < -0.39 is 0 Å². The SMILES string of the molecule is O=C(CC[C@H]1CCCO1)NCc1cccc(N2CCCCC2=O)c1. The number of benzene rings is 1. The molecular weight excluding hydrogens is 304 g/mol. The molecule has 1 aromatic rings. The monoisotopic (exact) mass is 330 g/mol. The van der Waals surface area contributed by atoms with Crippen molar-refractivity contribution in [3.05, 3.63) is 29.8 Å². The lowest BCUT2D eigenvalue weighted by Gasteiger charge is -2.27. The first-order valence-electron chi connectivity index (χ1n) is 9.00. The Balaban J connectivity index is 1.49. The Morgan fingerprint density at radius 3 is 3.00 bits per heavy atom. The first-order valence-corrected chi connectivity index (χ1v) is 9.00. The van der Waals surface area contributed by atoms with Crippen molar-refractivity contribution in [1.82, 2.24) is 5.32 Å². The number of hydrogen-bond acceptors (Lipinski definition) is 3. The van der Waals surface area contributed by atoms with Gasteiger partial charge in [0.1, 0.15) is 0 Å². The summed E-state index contributed by atoms with van der Waals surface area (Å²) in [4.78, 5) is 25.9. The highest BCUT2D eigenvalue weighted by molar-refractivity contribution is 5.94. The zero-order valence-corrected chi connectivity index (χ0v) is 14.1. The lowest BCUT2D eigenvalue weighted by Crippen LogP contribution is -2.35. The molecule has 3 rings (SSSR count). The molecule has 0 spiro atoms. The van der Waals surface area contributed by atoms with Crippen molar-refractivity contribution in [2.24, 2.45) is 0 Å². The Labute approximate surface area is 143 Å². The van der Waals surface area contributed by atoms with Crippen LogP contribution < -0.4 is 10.2 Å². The van der Waals surface area contributed by atoms with Gasteiger partial charge in [-0.3, -0.25) is 9.59 Å². The third-order valence-corrected chi connectivity index (χ3v) is 4.75. The summed E-state index contributed by atoms with van der Waals surface area (Å²) in [7, 11) is 0. The maximum atomic E-state index is 12.0. The van der Waals surface area contributed by atoms with E-state index in [-0.39, 0.29) is 17.9 Å². The molecule has 1 aromatic carbocycles. The van der Waals surface area contributed by atoms with Crippen LogP contribution in [-0.4, -0.2) is 31.1 Å².